The van der Waals surface area contributed by atoms with Crippen molar-refractivity contribution in [1.29, 1.82) is 0 Å². The number of hydrogen-bond donors (Lipinski definition) is 3. The Labute approximate surface area is 186 Å². The van der Waals surface area contributed by atoms with Crippen LogP contribution in [0, 0.1) is 0 Å². The smallest absolute Gasteiger partial charge is 0.333 e. The minimum Gasteiger partial charge on any atom is -0.333 e. The molecule has 4 aromatic rings. The fraction of sp³-hybridized carbons (Fsp3) is 0.0952. The van der Waals surface area contributed by atoms with Gasteiger partial charge in [-0.3, -0.25) is 4.98 Å². The number of alkyl halides is 3. The van der Waals surface area contributed by atoms with Crippen molar-refractivity contribution >= 4 is 39.9 Å². The monoisotopic (exact) mass is 462 g/mol. The summed E-state index contributed by atoms with van der Waals surface area (Å²) in [6, 6.07) is 11.1. The minimum absolute atomic E-state index is 0.0301. The molecule has 11 heteroatoms. The van der Waals surface area contributed by atoms with E-state index in [1.165, 1.54) is 13.1 Å². The summed E-state index contributed by atoms with van der Waals surface area (Å²) in [5, 5.41) is 9.70. The van der Waals surface area contributed by atoms with Gasteiger partial charge in [0.05, 0.1) is 28.0 Å². The molecule has 2 heterocycles. The number of hydrogen-bond acceptors (Lipinski definition) is 4. The van der Waals surface area contributed by atoms with Crippen LogP contribution in [-0.2, 0) is 6.18 Å². The van der Waals surface area contributed by atoms with Gasteiger partial charge < -0.3 is 16.4 Å². The Morgan fingerprint density at radius 1 is 1.00 bits per heavy atom. The zero-order valence-corrected chi connectivity index (χ0v) is 17.4. The van der Waals surface area contributed by atoms with Crippen LogP contribution in [0.5, 0.6) is 0 Å². The first-order chi connectivity index (χ1) is 15.3. The lowest BCUT2D eigenvalue weighted by atomic mass is 10.2. The number of anilines is 2. The number of aromatic nitrogens is 3. The van der Waals surface area contributed by atoms with Crippen LogP contribution in [0.3, 0.4) is 0 Å². The van der Waals surface area contributed by atoms with E-state index in [4.69, 9.17) is 11.6 Å². The van der Waals surface area contributed by atoms with E-state index in [0.717, 1.165) is 28.7 Å². The number of urea groups is 1. The van der Waals surface area contributed by atoms with Crippen molar-refractivity contribution in [3.05, 3.63) is 77.7 Å². The molecule has 4 N–H and O–H groups in total. The van der Waals surface area contributed by atoms with Crippen molar-refractivity contribution in [3.8, 4) is 5.69 Å². The summed E-state index contributed by atoms with van der Waals surface area (Å²) in [7, 11) is 1.50. The number of nitrogens with one attached hydrogen (secondary N) is 2. The number of rotatable bonds is 3. The largest absolute Gasteiger partial charge is 0.417 e. The van der Waals surface area contributed by atoms with Crippen molar-refractivity contribution in [3.63, 3.8) is 0 Å². The molecule has 0 aliphatic rings. The normalized spacial score (nSPS) is 10.9. The molecule has 0 bridgehead atoms. The molecule has 0 unspecified atom stereocenters. The molecule has 0 spiro atoms. The number of fused-ring (bicyclic) bond motifs is 1. The molecule has 32 heavy (non-hydrogen) atoms. The molecule has 166 valence electrons. The standard InChI is InChI=1S/C20H13ClF3N5O.CH5N/c21-17-6-3-14(9-16(17)20(22,23)24)28-19(30)27-13-1-4-15(5-2-13)29-18-7-8-25-10-12(18)11-26-29;1-2/h1-11H,(H2,27,28,30);2H2,1H3. The van der Waals surface area contributed by atoms with Crippen LogP contribution in [-0.4, -0.2) is 27.8 Å². The zero-order chi connectivity index (χ0) is 23.3. The summed E-state index contributed by atoms with van der Waals surface area (Å²) >= 11 is 5.58. The second kappa shape index (κ2) is 9.67. The molecule has 0 atom stereocenters. The van der Waals surface area contributed by atoms with Gasteiger partial charge in [-0.25, -0.2) is 9.48 Å². The second-order valence-electron chi connectivity index (χ2n) is 6.31. The predicted molar refractivity (Wildman–Crippen MR) is 118 cm³/mol. The van der Waals surface area contributed by atoms with E-state index in [0.29, 0.717) is 5.69 Å². The first kappa shape index (κ1) is 23.0. The maximum atomic E-state index is 12.9. The predicted octanol–water partition coefficient (Wildman–Crippen LogP) is 5.31. The molecule has 2 amide bonds. The molecule has 0 saturated carbocycles. The lowest BCUT2D eigenvalue weighted by molar-refractivity contribution is -0.137. The van der Waals surface area contributed by atoms with Gasteiger partial charge in [0.2, 0.25) is 0 Å². The molecule has 0 aliphatic carbocycles. The van der Waals surface area contributed by atoms with E-state index in [9.17, 15) is 18.0 Å². The fourth-order valence-corrected chi connectivity index (χ4v) is 3.10. The summed E-state index contributed by atoms with van der Waals surface area (Å²) in [6.45, 7) is 0. The summed E-state index contributed by atoms with van der Waals surface area (Å²) in [5.74, 6) is 0. The first-order valence-electron chi connectivity index (χ1n) is 9.22. The molecule has 0 saturated heterocycles. The van der Waals surface area contributed by atoms with Gasteiger partial charge in [-0.15, -0.1) is 0 Å². The van der Waals surface area contributed by atoms with Gasteiger partial charge in [0.15, 0.2) is 0 Å². The molecular formula is C21H18ClF3N6O. The highest BCUT2D eigenvalue weighted by Crippen LogP contribution is 2.36. The molecule has 0 radical (unpaired) electrons. The van der Waals surface area contributed by atoms with Crippen molar-refractivity contribution in [2.45, 2.75) is 6.18 Å². The number of benzene rings is 2. The van der Waals surface area contributed by atoms with Gasteiger partial charge in [0.25, 0.3) is 0 Å². The SMILES string of the molecule is CN.O=C(Nc1ccc(-n2ncc3cnccc32)cc1)Nc1ccc(Cl)c(C(F)(F)F)c1. The van der Waals surface area contributed by atoms with Gasteiger partial charge in [-0.05, 0) is 55.6 Å². The minimum atomic E-state index is -4.62. The molecule has 0 fully saturated rings. The second-order valence-corrected chi connectivity index (χ2v) is 6.72. The van der Waals surface area contributed by atoms with Crippen LogP contribution < -0.4 is 16.4 Å². The third kappa shape index (κ3) is 5.16. The van der Waals surface area contributed by atoms with Crippen LogP contribution >= 0.6 is 11.6 Å². The van der Waals surface area contributed by atoms with Gasteiger partial charge >= 0.3 is 12.2 Å². The summed E-state index contributed by atoms with van der Waals surface area (Å²) < 4.78 is 40.6. The number of nitrogens with two attached hydrogens (primary N) is 1. The Bertz CT molecular complexity index is 1220. The van der Waals surface area contributed by atoms with E-state index < -0.39 is 22.8 Å². The van der Waals surface area contributed by atoms with Gasteiger partial charge in [-0.1, -0.05) is 11.6 Å². The average Bonchev–Trinajstić information content (AvgIpc) is 3.20. The maximum Gasteiger partial charge on any atom is 0.417 e. The van der Waals surface area contributed by atoms with E-state index in [1.54, 1.807) is 47.5 Å². The van der Waals surface area contributed by atoms with Crippen LogP contribution in [0.2, 0.25) is 5.02 Å². The number of nitrogens with zero attached hydrogens (tertiary/aromatic N) is 3. The van der Waals surface area contributed by atoms with E-state index in [2.05, 4.69) is 26.4 Å². The number of carbonyl (C=O) groups is 1. The van der Waals surface area contributed by atoms with Crippen molar-refractivity contribution in [2.24, 2.45) is 5.73 Å². The van der Waals surface area contributed by atoms with E-state index >= 15 is 0 Å². The zero-order valence-electron chi connectivity index (χ0n) is 16.7. The fourth-order valence-electron chi connectivity index (χ4n) is 2.88. The Morgan fingerprint density at radius 2 is 1.66 bits per heavy atom. The molecule has 2 aromatic carbocycles. The number of halogens is 4. The maximum absolute atomic E-state index is 12.9. The van der Waals surface area contributed by atoms with Crippen LogP contribution in [0.4, 0.5) is 29.3 Å². The summed E-state index contributed by atoms with van der Waals surface area (Å²) in [5.41, 5.74) is 5.56. The third-order valence-electron chi connectivity index (χ3n) is 4.27. The average molecular weight is 463 g/mol. The van der Waals surface area contributed by atoms with Crippen LogP contribution in [0.25, 0.3) is 16.6 Å². The molecule has 7 nitrogen and oxygen atoms in total. The lowest BCUT2D eigenvalue weighted by Crippen LogP contribution is -2.20. The highest BCUT2D eigenvalue weighted by molar-refractivity contribution is 6.31. The highest BCUT2D eigenvalue weighted by atomic mass is 35.5. The van der Waals surface area contributed by atoms with E-state index in [-0.39, 0.29) is 5.69 Å². The quantitative estimate of drug-likeness (QED) is 0.384. The highest BCUT2D eigenvalue weighted by Gasteiger charge is 2.33. The summed E-state index contributed by atoms with van der Waals surface area (Å²) in [6.07, 6.45) is 0.457. The van der Waals surface area contributed by atoms with Gasteiger partial charge in [0, 0.05) is 29.2 Å². The molecule has 4 rings (SSSR count). The Kier molecular flexibility index (Phi) is 6.96. The number of carbonyl (C=O) groups excluding carboxylic acids is 1. The molecular weight excluding hydrogens is 445 g/mol. The number of amides is 2. The Hall–Kier alpha value is -3.63. The Balaban J connectivity index is 0.00000141. The lowest BCUT2D eigenvalue weighted by Gasteiger charge is -2.12. The van der Waals surface area contributed by atoms with Crippen molar-refractivity contribution in [1.82, 2.24) is 14.8 Å². The van der Waals surface area contributed by atoms with Crippen LogP contribution in [0.15, 0.2) is 67.1 Å². The Morgan fingerprint density at radius 3 is 2.34 bits per heavy atom. The van der Waals surface area contributed by atoms with Crippen molar-refractivity contribution < 1.29 is 18.0 Å². The molecule has 2 aromatic heterocycles. The van der Waals surface area contributed by atoms with Gasteiger partial charge in [-0.2, -0.15) is 18.3 Å². The molecule has 0 aliphatic heterocycles. The summed E-state index contributed by atoms with van der Waals surface area (Å²) in [4.78, 5) is 16.2. The third-order valence-corrected chi connectivity index (χ3v) is 4.60. The topological polar surface area (TPSA) is 97.9 Å². The van der Waals surface area contributed by atoms with Crippen molar-refractivity contribution in [2.75, 3.05) is 17.7 Å². The van der Waals surface area contributed by atoms with E-state index in [1.807, 2.05) is 6.07 Å². The first-order valence-corrected chi connectivity index (χ1v) is 9.60. The van der Waals surface area contributed by atoms with Gasteiger partial charge in [0.1, 0.15) is 0 Å². The number of pyridine rings is 1. The van der Waals surface area contributed by atoms with Crippen LogP contribution in [0.1, 0.15) is 5.56 Å².